The zero-order chi connectivity index (χ0) is 25.5. The summed E-state index contributed by atoms with van der Waals surface area (Å²) >= 11 is 0. The number of carbonyl (C=O) groups is 1. The van der Waals surface area contributed by atoms with Crippen LogP contribution in [0, 0.1) is 23.2 Å². The molecule has 4 atom stereocenters. The number of nitrogens with zero attached hydrogens (tertiary/aromatic N) is 4. The first-order chi connectivity index (χ1) is 16.4. The molecule has 0 radical (unpaired) electrons. The summed E-state index contributed by atoms with van der Waals surface area (Å²) in [6.07, 6.45) is -0.931. The van der Waals surface area contributed by atoms with Crippen molar-refractivity contribution in [2.24, 2.45) is 11.3 Å². The number of nitrogens with two attached hydrogens (primary N) is 1. The number of imidazole rings is 1. The molecule has 4 rings (SSSR count). The van der Waals surface area contributed by atoms with Crippen LogP contribution < -0.4 is 11.1 Å². The van der Waals surface area contributed by atoms with Crippen LogP contribution >= 0.6 is 0 Å². The fraction of sp³-hybridized carbons (Fsp3) is 0.667. The molecule has 1 saturated heterocycles. The third-order valence-electron chi connectivity index (χ3n) is 7.01. The van der Waals surface area contributed by atoms with Gasteiger partial charge in [0.2, 0.25) is 5.82 Å². The summed E-state index contributed by atoms with van der Waals surface area (Å²) in [6, 6.07) is 0. The SMILES string of the molecule is CCNC(=O)C1O[C@H](n2cnc3c(N)nc(C#CC4(O)CCC(C(C)(C)C)CC4)nc32)C(O)C1O. The molecule has 2 fully saturated rings. The molecule has 2 aromatic rings. The molecule has 11 nitrogen and oxygen atoms in total. The maximum Gasteiger partial charge on any atom is 0.252 e. The van der Waals surface area contributed by atoms with Crippen LogP contribution in [0.2, 0.25) is 0 Å². The molecule has 0 bridgehead atoms. The number of nitrogen functional groups attached to an aromatic ring is 1. The second kappa shape index (κ2) is 9.35. The molecule has 3 unspecified atom stereocenters. The zero-order valence-corrected chi connectivity index (χ0v) is 20.5. The number of aromatic nitrogens is 4. The number of carbonyl (C=O) groups excluding carboxylic acids is 1. The molecule has 1 saturated carbocycles. The molecule has 1 aliphatic heterocycles. The minimum absolute atomic E-state index is 0.0785. The number of aliphatic hydroxyl groups excluding tert-OH is 2. The van der Waals surface area contributed by atoms with Crippen molar-refractivity contribution < 1.29 is 24.9 Å². The lowest BCUT2D eigenvalue weighted by Crippen LogP contribution is -2.42. The number of fused-ring (bicyclic) bond motifs is 1. The van der Waals surface area contributed by atoms with Gasteiger partial charge in [-0.15, -0.1) is 0 Å². The Labute approximate surface area is 204 Å². The van der Waals surface area contributed by atoms with Gasteiger partial charge in [0.1, 0.15) is 23.3 Å². The highest BCUT2D eigenvalue weighted by molar-refractivity contribution is 5.83. The number of nitrogens with one attached hydrogen (secondary N) is 1. The minimum atomic E-state index is -1.43. The Kier molecular flexibility index (Phi) is 6.76. The number of hydrogen-bond donors (Lipinski definition) is 5. The van der Waals surface area contributed by atoms with Crippen molar-refractivity contribution in [1.82, 2.24) is 24.8 Å². The normalized spacial score (nSPS) is 31.2. The highest BCUT2D eigenvalue weighted by atomic mass is 16.6. The lowest BCUT2D eigenvalue weighted by atomic mass is 9.68. The first-order valence-corrected chi connectivity index (χ1v) is 12.0. The lowest BCUT2D eigenvalue weighted by molar-refractivity contribution is -0.137. The van der Waals surface area contributed by atoms with Gasteiger partial charge in [0.15, 0.2) is 23.8 Å². The summed E-state index contributed by atoms with van der Waals surface area (Å²) in [6.45, 7) is 8.74. The topological polar surface area (TPSA) is 169 Å². The van der Waals surface area contributed by atoms with Crippen LogP contribution in [0.4, 0.5) is 5.82 Å². The number of rotatable bonds is 3. The van der Waals surface area contributed by atoms with Gasteiger partial charge < -0.3 is 31.1 Å². The number of aliphatic hydroxyl groups is 3. The minimum Gasteiger partial charge on any atom is -0.387 e. The number of amides is 1. The molecule has 0 aromatic carbocycles. The Balaban J connectivity index is 1.59. The van der Waals surface area contributed by atoms with Gasteiger partial charge in [0.25, 0.3) is 5.91 Å². The van der Waals surface area contributed by atoms with E-state index in [2.05, 4.69) is 52.9 Å². The van der Waals surface area contributed by atoms with Gasteiger partial charge in [0, 0.05) is 6.54 Å². The van der Waals surface area contributed by atoms with Gasteiger partial charge in [-0.3, -0.25) is 9.36 Å². The second-order valence-corrected chi connectivity index (χ2v) is 10.5. The zero-order valence-electron chi connectivity index (χ0n) is 20.5. The van der Waals surface area contributed by atoms with Crippen LogP contribution in [0.15, 0.2) is 6.33 Å². The Morgan fingerprint density at radius 2 is 1.97 bits per heavy atom. The van der Waals surface area contributed by atoms with Crippen molar-refractivity contribution in [2.75, 3.05) is 12.3 Å². The molecule has 2 aromatic heterocycles. The molecular formula is C24H34N6O5. The van der Waals surface area contributed by atoms with E-state index in [1.165, 1.54) is 10.9 Å². The summed E-state index contributed by atoms with van der Waals surface area (Å²) in [5.74, 6) is 5.96. The predicted molar refractivity (Wildman–Crippen MR) is 128 cm³/mol. The van der Waals surface area contributed by atoms with Crippen LogP contribution in [0.1, 0.15) is 65.4 Å². The van der Waals surface area contributed by atoms with E-state index in [-0.39, 0.29) is 28.2 Å². The Morgan fingerprint density at radius 1 is 1.29 bits per heavy atom. The third kappa shape index (κ3) is 4.97. The second-order valence-electron chi connectivity index (χ2n) is 10.5. The average Bonchev–Trinajstić information content (AvgIpc) is 3.34. The highest BCUT2D eigenvalue weighted by Crippen LogP contribution is 2.41. The average molecular weight is 487 g/mol. The quantitative estimate of drug-likeness (QED) is 0.387. The summed E-state index contributed by atoms with van der Waals surface area (Å²) < 4.78 is 7.07. The molecule has 1 amide bonds. The van der Waals surface area contributed by atoms with Crippen molar-refractivity contribution in [3.8, 4) is 11.8 Å². The molecule has 6 N–H and O–H groups in total. The van der Waals surface area contributed by atoms with E-state index < -0.39 is 36.0 Å². The standard InChI is InChI=1S/C24H34N6O5/c1-5-26-21(33)18-16(31)17(32)22(35-18)30-12-27-15-19(25)28-14(29-20(15)30)8-11-24(34)9-6-13(7-10-24)23(2,3)4/h12-13,16-18,22,31-32,34H,5-7,9-10H2,1-4H3,(H,26,33)(H2,25,28,29)/t13?,16?,17?,18?,22-,24?/m0/s1. The van der Waals surface area contributed by atoms with Crippen LogP contribution in [-0.2, 0) is 9.53 Å². The van der Waals surface area contributed by atoms with E-state index in [0.29, 0.717) is 25.3 Å². The third-order valence-corrected chi connectivity index (χ3v) is 7.01. The summed E-state index contributed by atoms with van der Waals surface area (Å²) in [5, 5.41) is 34.5. The Hall–Kier alpha value is -2.78. The molecule has 190 valence electrons. The first-order valence-electron chi connectivity index (χ1n) is 12.0. The fourth-order valence-electron chi connectivity index (χ4n) is 4.82. The van der Waals surface area contributed by atoms with Crippen molar-refractivity contribution in [3.63, 3.8) is 0 Å². The molecule has 2 aliphatic rings. The molecule has 1 aliphatic carbocycles. The molecular weight excluding hydrogens is 452 g/mol. The van der Waals surface area contributed by atoms with Crippen LogP contribution in [-0.4, -0.2) is 71.2 Å². The maximum atomic E-state index is 12.2. The maximum absolute atomic E-state index is 12.2. The van der Waals surface area contributed by atoms with E-state index in [0.717, 1.165) is 12.8 Å². The van der Waals surface area contributed by atoms with Gasteiger partial charge in [-0.2, -0.15) is 0 Å². The Bertz CT molecular complexity index is 1150. The van der Waals surface area contributed by atoms with Crippen LogP contribution in [0.3, 0.4) is 0 Å². The number of hydrogen-bond acceptors (Lipinski definition) is 9. The first kappa shape index (κ1) is 25.3. The number of likely N-dealkylation sites (N-methyl/N-ethyl adjacent to an activating group) is 1. The van der Waals surface area contributed by atoms with Gasteiger partial charge in [-0.25, -0.2) is 15.0 Å². The van der Waals surface area contributed by atoms with Gasteiger partial charge >= 0.3 is 0 Å². The van der Waals surface area contributed by atoms with Crippen LogP contribution in [0.25, 0.3) is 11.2 Å². The van der Waals surface area contributed by atoms with Crippen molar-refractivity contribution in [1.29, 1.82) is 0 Å². The molecule has 11 heteroatoms. The van der Waals surface area contributed by atoms with Crippen molar-refractivity contribution in [3.05, 3.63) is 12.2 Å². The summed E-state index contributed by atoms with van der Waals surface area (Å²) in [5.41, 5.74) is 5.65. The highest BCUT2D eigenvalue weighted by Gasteiger charge is 2.47. The molecule has 0 spiro atoms. The van der Waals surface area contributed by atoms with E-state index in [1.54, 1.807) is 6.92 Å². The fourth-order valence-corrected chi connectivity index (χ4v) is 4.82. The summed E-state index contributed by atoms with van der Waals surface area (Å²) in [4.78, 5) is 25.0. The van der Waals surface area contributed by atoms with Crippen molar-refractivity contribution >= 4 is 22.9 Å². The Morgan fingerprint density at radius 3 is 2.60 bits per heavy atom. The lowest BCUT2D eigenvalue weighted by Gasteiger charge is -2.39. The largest absolute Gasteiger partial charge is 0.387 e. The molecule has 3 heterocycles. The van der Waals surface area contributed by atoms with Crippen molar-refractivity contribution in [2.45, 2.75) is 83.5 Å². The van der Waals surface area contributed by atoms with E-state index in [9.17, 15) is 20.1 Å². The van der Waals surface area contributed by atoms with Gasteiger partial charge in [0.05, 0.1) is 6.33 Å². The van der Waals surface area contributed by atoms with Crippen LogP contribution in [0.5, 0.6) is 0 Å². The smallest absolute Gasteiger partial charge is 0.252 e. The van der Waals surface area contributed by atoms with Gasteiger partial charge in [-0.05, 0) is 49.9 Å². The van der Waals surface area contributed by atoms with Gasteiger partial charge in [-0.1, -0.05) is 26.7 Å². The van der Waals surface area contributed by atoms with E-state index in [1.807, 2.05) is 0 Å². The number of anilines is 1. The monoisotopic (exact) mass is 486 g/mol. The predicted octanol–water partition coefficient (Wildman–Crippen LogP) is 0.483. The van der Waals surface area contributed by atoms with E-state index in [4.69, 9.17) is 10.5 Å². The number of ether oxygens (including phenoxy) is 1. The molecule has 35 heavy (non-hydrogen) atoms. The van der Waals surface area contributed by atoms with E-state index >= 15 is 0 Å². The summed E-state index contributed by atoms with van der Waals surface area (Å²) in [7, 11) is 0.